The standard InChI is InChI=1S/C9H18ClSi/c1-3-5-7-9(10,11)8-6-4-2/h3-8H2,1-2H3. The highest BCUT2D eigenvalue weighted by Crippen LogP contribution is 2.24. The van der Waals surface area contributed by atoms with Gasteiger partial charge >= 0.3 is 0 Å². The molecule has 0 saturated carbocycles. The predicted octanol–water partition coefficient (Wildman–Crippen LogP) is 3.47. The molecule has 0 bridgehead atoms. The summed E-state index contributed by atoms with van der Waals surface area (Å²) in [7, 11) is 3.60. The Morgan fingerprint density at radius 3 is 1.73 bits per heavy atom. The summed E-state index contributed by atoms with van der Waals surface area (Å²) < 4.78 is -0.119. The highest BCUT2D eigenvalue weighted by Gasteiger charge is 2.18. The molecule has 0 aromatic rings. The van der Waals surface area contributed by atoms with Crippen LogP contribution in [0.25, 0.3) is 0 Å². The number of hydrogen-bond acceptors (Lipinski definition) is 0. The zero-order valence-electron chi connectivity index (χ0n) is 7.62. The van der Waals surface area contributed by atoms with E-state index in [1.165, 1.54) is 25.7 Å². The van der Waals surface area contributed by atoms with Crippen molar-refractivity contribution in [3.05, 3.63) is 0 Å². The molecule has 2 heteroatoms. The van der Waals surface area contributed by atoms with Gasteiger partial charge in [-0.15, -0.1) is 11.6 Å². The van der Waals surface area contributed by atoms with Gasteiger partial charge in [0.05, 0.1) is 10.2 Å². The molecule has 0 N–H and O–H groups in total. The van der Waals surface area contributed by atoms with Crippen molar-refractivity contribution in [2.24, 2.45) is 0 Å². The summed E-state index contributed by atoms with van der Waals surface area (Å²) in [6.07, 6.45) is 7.06. The van der Waals surface area contributed by atoms with Crippen LogP contribution in [0.4, 0.5) is 0 Å². The van der Waals surface area contributed by atoms with E-state index in [2.05, 4.69) is 24.1 Å². The molecule has 0 aliphatic heterocycles. The SMILES string of the molecule is CCCCC([Si])(Cl)CCCC. The molecule has 65 valence electrons. The Balaban J connectivity index is 3.43. The van der Waals surface area contributed by atoms with Gasteiger partial charge in [0.15, 0.2) is 0 Å². The molecule has 0 unspecified atom stereocenters. The third kappa shape index (κ3) is 6.89. The molecule has 0 aromatic carbocycles. The summed E-state index contributed by atoms with van der Waals surface area (Å²) in [5, 5.41) is 0. The molecular weight excluding hydrogens is 172 g/mol. The number of hydrogen-bond donors (Lipinski definition) is 0. The van der Waals surface area contributed by atoms with Crippen molar-refractivity contribution in [3.63, 3.8) is 0 Å². The molecule has 0 nitrogen and oxygen atoms in total. The maximum atomic E-state index is 6.21. The van der Waals surface area contributed by atoms with E-state index in [0.717, 1.165) is 12.8 Å². The lowest BCUT2D eigenvalue weighted by Crippen LogP contribution is -2.21. The van der Waals surface area contributed by atoms with E-state index >= 15 is 0 Å². The molecule has 3 radical (unpaired) electrons. The Labute approximate surface area is 79.1 Å². The Morgan fingerprint density at radius 2 is 1.45 bits per heavy atom. The minimum absolute atomic E-state index is 0.119. The second-order valence-corrected chi connectivity index (χ2v) is 5.17. The maximum Gasteiger partial charge on any atom is 0.0534 e. The summed E-state index contributed by atoms with van der Waals surface area (Å²) >= 11 is 6.21. The van der Waals surface area contributed by atoms with E-state index in [4.69, 9.17) is 11.6 Å². The Hall–Kier alpha value is 0.507. The molecular formula is C9H18ClSi. The predicted molar refractivity (Wildman–Crippen MR) is 53.4 cm³/mol. The molecule has 0 heterocycles. The van der Waals surface area contributed by atoms with E-state index in [-0.39, 0.29) is 4.50 Å². The lowest BCUT2D eigenvalue weighted by atomic mass is 10.1. The third-order valence-electron chi connectivity index (χ3n) is 1.85. The second-order valence-electron chi connectivity index (χ2n) is 3.17. The van der Waals surface area contributed by atoms with E-state index in [0.29, 0.717) is 0 Å². The third-order valence-corrected chi connectivity index (χ3v) is 2.73. The van der Waals surface area contributed by atoms with Crippen molar-refractivity contribution >= 4 is 21.8 Å². The Morgan fingerprint density at radius 1 is 1.09 bits per heavy atom. The van der Waals surface area contributed by atoms with Crippen molar-refractivity contribution in [3.8, 4) is 0 Å². The average molecular weight is 190 g/mol. The fraction of sp³-hybridized carbons (Fsp3) is 1.00. The molecule has 0 rings (SSSR count). The maximum absolute atomic E-state index is 6.21. The van der Waals surface area contributed by atoms with Crippen molar-refractivity contribution in [1.82, 2.24) is 0 Å². The Bertz CT molecular complexity index is 81.6. The van der Waals surface area contributed by atoms with Gasteiger partial charge in [-0.1, -0.05) is 39.5 Å². The van der Waals surface area contributed by atoms with Gasteiger partial charge in [-0.05, 0) is 12.8 Å². The Kier molecular flexibility index (Phi) is 6.35. The summed E-state index contributed by atoms with van der Waals surface area (Å²) in [5.74, 6) is 0. The van der Waals surface area contributed by atoms with Crippen LogP contribution >= 0.6 is 11.6 Å². The van der Waals surface area contributed by atoms with Crippen LogP contribution in [0, 0.1) is 0 Å². The van der Waals surface area contributed by atoms with Gasteiger partial charge in [0.2, 0.25) is 0 Å². The smallest absolute Gasteiger partial charge is 0.0534 e. The van der Waals surface area contributed by atoms with Gasteiger partial charge in [0, 0.05) is 4.50 Å². The van der Waals surface area contributed by atoms with Gasteiger partial charge in [-0.3, -0.25) is 0 Å². The van der Waals surface area contributed by atoms with Gasteiger partial charge in [-0.25, -0.2) is 0 Å². The zero-order chi connectivity index (χ0) is 8.74. The monoisotopic (exact) mass is 189 g/mol. The lowest BCUT2D eigenvalue weighted by molar-refractivity contribution is 0.569. The summed E-state index contributed by atoms with van der Waals surface area (Å²) in [5.41, 5.74) is 0. The largest absolute Gasteiger partial charge is 0.124 e. The molecule has 0 amide bonds. The first-order valence-corrected chi connectivity index (χ1v) is 5.44. The first-order valence-electron chi connectivity index (χ1n) is 4.56. The van der Waals surface area contributed by atoms with Gasteiger partial charge in [-0.2, -0.15) is 0 Å². The van der Waals surface area contributed by atoms with E-state index < -0.39 is 0 Å². The van der Waals surface area contributed by atoms with Crippen LogP contribution in [-0.2, 0) is 0 Å². The second kappa shape index (κ2) is 6.07. The average Bonchev–Trinajstić information content (AvgIpc) is 1.97. The first-order chi connectivity index (χ1) is 5.12. The van der Waals surface area contributed by atoms with Crippen LogP contribution in [0.1, 0.15) is 52.4 Å². The summed E-state index contributed by atoms with van der Waals surface area (Å²) in [6.45, 7) is 4.39. The van der Waals surface area contributed by atoms with Crippen LogP contribution in [-0.4, -0.2) is 14.7 Å². The quantitative estimate of drug-likeness (QED) is 0.444. The van der Waals surface area contributed by atoms with Crippen LogP contribution in [0.5, 0.6) is 0 Å². The van der Waals surface area contributed by atoms with Crippen molar-refractivity contribution in [2.75, 3.05) is 0 Å². The minimum Gasteiger partial charge on any atom is -0.124 e. The van der Waals surface area contributed by atoms with Gasteiger partial charge < -0.3 is 0 Å². The zero-order valence-corrected chi connectivity index (χ0v) is 9.38. The van der Waals surface area contributed by atoms with Gasteiger partial charge in [0.25, 0.3) is 0 Å². The summed E-state index contributed by atoms with van der Waals surface area (Å²) in [6, 6.07) is 0. The molecule has 0 atom stereocenters. The molecule has 0 saturated heterocycles. The van der Waals surface area contributed by atoms with Crippen molar-refractivity contribution < 1.29 is 0 Å². The highest BCUT2D eigenvalue weighted by molar-refractivity contribution is 6.44. The lowest BCUT2D eigenvalue weighted by Gasteiger charge is -2.20. The summed E-state index contributed by atoms with van der Waals surface area (Å²) in [4.78, 5) is 0. The first kappa shape index (κ1) is 11.5. The minimum atomic E-state index is -0.119. The highest BCUT2D eigenvalue weighted by atomic mass is 35.5. The van der Waals surface area contributed by atoms with Crippen LogP contribution in [0.15, 0.2) is 0 Å². The molecule has 0 aromatic heterocycles. The van der Waals surface area contributed by atoms with Crippen LogP contribution in [0.3, 0.4) is 0 Å². The number of rotatable bonds is 6. The van der Waals surface area contributed by atoms with Crippen molar-refractivity contribution in [2.45, 2.75) is 56.9 Å². The van der Waals surface area contributed by atoms with Crippen molar-refractivity contribution in [1.29, 1.82) is 0 Å². The van der Waals surface area contributed by atoms with E-state index in [9.17, 15) is 0 Å². The van der Waals surface area contributed by atoms with E-state index in [1.807, 2.05) is 0 Å². The fourth-order valence-electron chi connectivity index (χ4n) is 1.04. The van der Waals surface area contributed by atoms with E-state index in [1.54, 1.807) is 0 Å². The fourth-order valence-corrected chi connectivity index (χ4v) is 1.66. The van der Waals surface area contributed by atoms with Gasteiger partial charge in [0.1, 0.15) is 0 Å². The van der Waals surface area contributed by atoms with Crippen LogP contribution < -0.4 is 0 Å². The normalized spacial score (nSPS) is 12.0. The molecule has 0 aliphatic rings. The molecule has 0 aliphatic carbocycles. The molecule has 11 heavy (non-hydrogen) atoms. The number of unbranched alkanes of at least 4 members (excludes halogenated alkanes) is 2. The topological polar surface area (TPSA) is 0 Å². The number of alkyl halides is 1. The molecule has 0 fully saturated rings. The number of halogens is 1. The van der Waals surface area contributed by atoms with Crippen LogP contribution in [0.2, 0.25) is 0 Å². The molecule has 0 spiro atoms.